The van der Waals surface area contributed by atoms with Gasteiger partial charge in [0.05, 0.1) is 17.4 Å². The van der Waals surface area contributed by atoms with Crippen molar-refractivity contribution in [3.63, 3.8) is 0 Å². The molecule has 2 N–H and O–H groups in total. The average Bonchev–Trinajstić information content (AvgIpc) is 2.46. The minimum atomic E-state index is -3.44. The van der Waals surface area contributed by atoms with Gasteiger partial charge in [-0.15, -0.1) is 0 Å². The minimum Gasteiger partial charge on any atom is -0.478 e. The number of sulfonamides is 1. The van der Waals surface area contributed by atoms with Gasteiger partial charge >= 0.3 is 5.97 Å². The molecule has 0 saturated carbocycles. The molecule has 21 heavy (non-hydrogen) atoms. The summed E-state index contributed by atoms with van der Waals surface area (Å²) in [5.41, 5.74) is 0.691. The lowest BCUT2D eigenvalue weighted by molar-refractivity contribution is 0.0200. The largest absolute Gasteiger partial charge is 0.478 e. The molecule has 0 amide bonds. The summed E-state index contributed by atoms with van der Waals surface area (Å²) in [6, 6.07) is 5.83. The van der Waals surface area contributed by atoms with Gasteiger partial charge in [0.1, 0.15) is 0 Å². The van der Waals surface area contributed by atoms with Gasteiger partial charge in [-0.25, -0.2) is 17.9 Å². The van der Waals surface area contributed by atoms with Crippen molar-refractivity contribution in [3.05, 3.63) is 35.4 Å². The Morgan fingerprint density at radius 2 is 2.00 bits per heavy atom. The highest BCUT2D eigenvalue weighted by molar-refractivity contribution is 7.88. The van der Waals surface area contributed by atoms with Crippen LogP contribution in [0.2, 0.25) is 0 Å². The van der Waals surface area contributed by atoms with Crippen molar-refractivity contribution in [2.75, 3.05) is 13.2 Å². The van der Waals surface area contributed by atoms with Crippen LogP contribution in [0.1, 0.15) is 35.2 Å². The number of aromatic carboxylic acids is 1. The fourth-order valence-electron chi connectivity index (χ4n) is 2.20. The normalized spacial score (nSPS) is 19.3. The zero-order valence-electron chi connectivity index (χ0n) is 11.6. The van der Waals surface area contributed by atoms with E-state index in [1.165, 1.54) is 24.3 Å². The molecule has 1 fully saturated rings. The summed E-state index contributed by atoms with van der Waals surface area (Å²) in [6.45, 7) is 0.971. The molecule has 1 aliphatic rings. The van der Waals surface area contributed by atoms with Crippen molar-refractivity contribution in [1.29, 1.82) is 0 Å². The van der Waals surface area contributed by atoms with Gasteiger partial charge in [-0.3, -0.25) is 0 Å². The zero-order chi connectivity index (χ0) is 15.3. The van der Waals surface area contributed by atoms with E-state index in [9.17, 15) is 13.2 Å². The van der Waals surface area contributed by atoms with E-state index < -0.39 is 16.0 Å². The Kier molecular flexibility index (Phi) is 5.33. The van der Waals surface area contributed by atoms with Gasteiger partial charge in [-0.2, -0.15) is 0 Å². The first-order chi connectivity index (χ1) is 9.96. The topological polar surface area (TPSA) is 92.7 Å². The maximum Gasteiger partial charge on any atom is 0.335 e. The van der Waals surface area contributed by atoms with Crippen LogP contribution in [0, 0.1) is 0 Å². The molecule has 1 atom stereocenters. The molecule has 0 bridgehead atoms. The molecule has 1 unspecified atom stereocenters. The summed E-state index contributed by atoms with van der Waals surface area (Å²) in [4.78, 5) is 10.7. The molecule has 1 heterocycles. The lowest BCUT2D eigenvalue weighted by Gasteiger charge is -2.22. The summed E-state index contributed by atoms with van der Waals surface area (Å²) in [7, 11) is -3.44. The zero-order valence-corrected chi connectivity index (χ0v) is 12.4. The standard InChI is InChI=1S/C14H19NO5S/c16-14(17)12-6-4-11(5-7-12)10-21(18,19)15-9-13-3-1-2-8-20-13/h4-7,13,15H,1-3,8-10H2,(H,16,17). The van der Waals surface area contributed by atoms with E-state index in [-0.39, 0.29) is 24.0 Å². The van der Waals surface area contributed by atoms with E-state index in [0.717, 1.165) is 19.3 Å². The fourth-order valence-corrected chi connectivity index (χ4v) is 3.38. The number of hydrogen-bond donors (Lipinski definition) is 2. The number of hydrogen-bond acceptors (Lipinski definition) is 4. The van der Waals surface area contributed by atoms with Crippen LogP contribution in [0.3, 0.4) is 0 Å². The summed E-state index contributed by atoms with van der Waals surface area (Å²) < 4.78 is 32.0. The molecular formula is C14H19NO5S. The second kappa shape index (κ2) is 7.02. The van der Waals surface area contributed by atoms with E-state index in [2.05, 4.69) is 4.72 Å². The van der Waals surface area contributed by atoms with E-state index in [1.807, 2.05) is 0 Å². The van der Waals surface area contributed by atoms with Crippen molar-refractivity contribution in [1.82, 2.24) is 4.72 Å². The third-order valence-electron chi connectivity index (χ3n) is 3.36. The Morgan fingerprint density at radius 1 is 1.29 bits per heavy atom. The molecule has 1 aliphatic heterocycles. The van der Waals surface area contributed by atoms with E-state index in [1.54, 1.807) is 0 Å². The van der Waals surface area contributed by atoms with Crippen LogP contribution in [0.4, 0.5) is 0 Å². The van der Waals surface area contributed by atoms with Gasteiger partial charge in [0.15, 0.2) is 0 Å². The van der Waals surface area contributed by atoms with Gasteiger partial charge in [0.2, 0.25) is 10.0 Å². The molecule has 0 radical (unpaired) electrons. The highest BCUT2D eigenvalue weighted by Gasteiger charge is 2.18. The molecule has 7 heteroatoms. The molecule has 1 aromatic carbocycles. The number of carbonyl (C=O) groups is 1. The van der Waals surface area contributed by atoms with Gasteiger partial charge in [-0.05, 0) is 37.0 Å². The van der Waals surface area contributed by atoms with Gasteiger partial charge in [0.25, 0.3) is 0 Å². The first-order valence-electron chi connectivity index (χ1n) is 6.87. The number of carboxylic acid groups (broad SMARTS) is 1. The van der Waals surface area contributed by atoms with Crippen LogP contribution < -0.4 is 4.72 Å². The van der Waals surface area contributed by atoms with Crippen molar-refractivity contribution in [2.45, 2.75) is 31.1 Å². The first kappa shape index (κ1) is 15.9. The molecule has 1 aromatic rings. The minimum absolute atomic E-state index is 0.0529. The van der Waals surface area contributed by atoms with Crippen LogP contribution in [-0.2, 0) is 20.5 Å². The SMILES string of the molecule is O=C(O)c1ccc(CS(=O)(=O)NCC2CCCCO2)cc1. The molecular weight excluding hydrogens is 294 g/mol. The number of benzene rings is 1. The first-order valence-corrected chi connectivity index (χ1v) is 8.53. The Labute approximate surface area is 124 Å². The Bertz CT molecular complexity index is 576. The molecule has 1 saturated heterocycles. The lowest BCUT2D eigenvalue weighted by Crippen LogP contribution is -2.36. The Hall–Kier alpha value is -1.44. The predicted octanol–water partition coefficient (Wildman–Crippen LogP) is 1.37. The Balaban J connectivity index is 1.89. The number of rotatable bonds is 6. The summed E-state index contributed by atoms with van der Waals surface area (Å²) >= 11 is 0. The maximum absolute atomic E-state index is 12.0. The van der Waals surface area contributed by atoms with Gasteiger partial charge in [-0.1, -0.05) is 12.1 Å². The summed E-state index contributed by atoms with van der Waals surface area (Å²) in [5, 5.41) is 8.79. The summed E-state index contributed by atoms with van der Waals surface area (Å²) in [5.74, 6) is -1.20. The average molecular weight is 313 g/mol. The highest BCUT2D eigenvalue weighted by Crippen LogP contribution is 2.13. The molecule has 0 aromatic heterocycles. The van der Waals surface area contributed by atoms with Crippen LogP contribution in [0.25, 0.3) is 0 Å². The summed E-state index contributed by atoms with van der Waals surface area (Å²) in [6.07, 6.45) is 2.90. The molecule has 2 rings (SSSR count). The Morgan fingerprint density at radius 3 is 2.57 bits per heavy atom. The lowest BCUT2D eigenvalue weighted by atomic mass is 10.1. The van der Waals surface area contributed by atoms with E-state index in [4.69, 9.17) is 9.84 Å². The van der Waals surface area contributed by atoms with Crippen molar-refractivity contribution < 1.29 is 23.1 Å². The van der Waals surface area contributed by atoms with E-state index >= 15 is 0 Å². The van der Waals surface area contributed by atoms with E-state index in [0.29, 0.717) is 12.2 Å². The molecule has 6 nitrogen and oxygen atoms in total. The van der Waals surface area contributed by atoms with Gasteiger partial charge in [0, 0.05) is 13.2 Å². The second-order valence-corrected chi connectivity index (χ2v) is 6.91. The maximum atomic E-state index is 12.0. The quantitative estimate of drug-likeness (QED) is 0.827. The van der Waals surface area contributed by atoms with Crippen molar-refractivity contribution >= 4 is 16.0 Å². The smallest absolute Gasteiger partial charge is 0.335 e. The predicted molar refractivity (Wildman–Crippen MR) is 77.6 cm³/mol. The third kappa shape index (κ3) is 5.11. The number of nitrogens with one attached hydrogen (secondary N) is 1. The highest BCUT2D eigenvalue weighted by atomic mass is 32.2. The molecule has 116 valence electrons. The number of carboxylic acids is 1. The third-order valence-corrected chi connectivity index (χ3v) is 4.68. The monoisotopic (exact) mass is 313 g/mol. The van der Waals surface area contributed by atoms with Crippen LogP contribution in [0.5, 0.6) is 0 Å². The second-order valence-electron chi connectivity index (χ2n) is 5.10. The van der Waals surface area contributed by atoms with Crippen LogP contribution in [-0.4, -0.2) is 38.7 Å². The number of ether oxygens (including phenoxy) is 1. The van der Waals surface area contributed by atoms with Crippen LogP contribution in [0.15, 0.2) is 24.3 Å². The molecule has 0 spiro atoms. The van der Waals surface area contributed by atoms with Crippen LogP contribution >= 0.6 is 0 Å². The van der Waals surface area contributed by atoms with Gasteiger partial charge < -0.3 is 9.84 Å². The molecule has 0 aliphatic carbocycles. The fraction of sp³-hybridized carbons (Fsp3) is 0.500. The van der Waals surface area contributed by atoms with Crippen molar-refractivity contribution in [3.8, 4) is 0 Å². The van der Waals surface area contributed by atoms with Crippen molar-refractivity contribution in [2.24, 2.45) is 0 Å².